The first-order valence-corrected chi connectivity index (χ1v) is 11.8. The van der Waals surface area contributed by atoms with Crippen molar-refractivity contribution in [2.24, 2.45) is 13.0 Å². The number of piperidine rings is 1. The Kier molecular flexibility index (Phi) is 6.62. The summed E-state index contributed by atoms with van der Waals surface area (Å²) in [4.78, 5) is 6.72. The molecule has 0 amide bonds. The Balaban J connectivity index is 0.00000231. The number of nitrogens with zero attached hydrogens (tertiary/aromatic N) is 5. The van der Waals surface area contributed by atoms with Crippen LogP contribution in [0.5, 0.6) is 0 Å². The first kappa shape index (κ1) is 22.9. The zero-order valence-corrected chi connectivity index (χ0v) is 20.5. The van der Waals surface area contributed by atoms with Gasteiger partial charge in [-0.25, -0.2) is 4.98 Å². The van der Waals surface area contributed by atoms with Crippen molar-refractivity contribution >= 4 is 47.4 Å². The highest BCUT2D eigenvalue weighted by Gasteiger charge is 2.60. The Morgan fingerprint density at radius 2 is 2.10 bits per heavy atom. The van der Waals surface area contributed by atoms with E-state index < -0.39 is 0 Å². The Morgan fingerprint density at radius 3 is 2.84 bits per heavy atom. The average molecular weight is 501 g/mol. The van der Waals surface area contributed by atoms with Gasteiger partial charge in [-0.3, -0.25) is 0 Å². The van der Waals surface area contributed by atoms with Crippen molar-refractivity contribution in [3.05, 3.63) is 45.9 Å². The van der Waals surface area contributed by atoms with Crippen LogP contribution in [0.1, 0.15) is 24.1 Å². The van der Waals surface area contributed by atoms with Crippen LogP contribution in [0.25, 0.3) is 11.6 Å². The van der Waals surface area contributed by atoms with Gasteiger partial charge in [-0.05, 0) is 49.9 Å². The van der Waals surface area contributed by atoms with Crippen LogP contribution in [0.3, 0.4) is 0 Å². The molecule has 2 aliphatic rings. The number of halogens is 3. The van der Waals surface area contributed by atoms with Crippen LogP contribution >= 0.6 is 47.4 Å². The number of aryl methyl sites for hydroxylation is 1. The van der Waals surface area contributed by atoms with Crippen LogP contribution in [0.2, 0.25) is 10.0 Å². The van der Waals surface area contributed by atoms with Gasteiger partial charge < -0.3 is 13.9 Å². The molecule has 31 heavy (non-hydrogen) atoms. The van der Waals surface area contributed by atoms with Crippen molar-refractivity contribution in [3.8, 4) is 11.6 Å². The van der Waals surface area contributed by atoms with Crippen LogP contribution in [-0.2, 0) is 12.5 Å². The SMILES string of the molecule is Cc1ncoc1-c1nnc(SCCCN2C[C@H]3CC3(c3ccc(Cl)c(Cl)c3)C2)n1C.Cl. The lowest BCUT2D eigenvalue weighted by atomic mass is 9.95. The van der Waals surface area contributed by atoms with Crippen molar-refractivity contribution in [1.82, 2.24) is 24.6 Å². The van der Waals surface area contributed by atoms with E-state index in [1.807, 2.05) is 24.6 Å². The van der Waals surface area contributed by atoms with Crippen molar-refractivity contribution < 1.29 is 4.42 Å². The molecular formula is C21H24Cl3N5OS. The molecule has 166 valence electrons. The minimum Gasteiger partial charge on any atom is -0.440 e. The summed E-state index contributed by atoms with van der Waals surface area (Å²) in [6.45, 7) is 5.28. The predicted octanol–water partition coefficient (Wildman–Crippen LogP) is 5.26. The second-order valence-electron chi connectivity index (χ2n) is 8.26. The highest BCUT2D eigenvalue weighted by Crippen LogP contribution is 2.59. The van der Waals surface area contributed by atoms with Crippen molar-refractivity contribution in [2.75, 3.05) is 25.4 Å². The van der Waals surface area contributed by atoms with Crippen LogP contribution in [0.4, 0.5) is 0 Å². The van der Waals surface area contributed by atoms with E-state index in [1.54, 1.807) is 11.8 Å². The first-order valence-electron chi connectivity index (χ1n) is 10.1. The molecule has 1 unspecified atom stereocenters. The molecule has 2 fully saturated rings. The molecule has 1 aliphatic carbocycles. The third kappa shape index (κ3) is 4.23. The van der Waals surface area contributed by atoms with Crippen molar-refractivity contribution in [2.45, 2.75) is 30.3 Å². The van der Waals surface area contributed by atoms with Crippen molar-refractivity contribution in [1.29, 1.82) is 0 Å². The zero-order chi connectivity index (χ0) is 20.9. The van der Waals surface area contributed by atoms with Gasteiger partial charge in [-0.2, -0.15) is 0 Å². The van der Waals surface area contributed by atoms with Gasteiger partial charge in [-0.15, -0.1) is 22.6 Å². The van der Waals surface area contributed by atoms with Crippen LogP contribution in [0.15, 0.2) is 34.2 Å². The summed E-state index contributed by atoms with van der Waals surface area (Å²) in [6, 6.07) is 6.14. The Bertz CT molecular complexity index is 1090. The Labute approximate surface area is 202 Å². The number of thioether (sulfide) groups is 1. The summed E-state index contributed by atoms with van der Waals surface area (Å²) in [5.74, 6) is 3.15. The molecule has 0 radical (unpaired) electrons. The number of rotatable bonds is 7. The van der Waals surface area contributed by atoms with Crippen LogP contribution in [-0.4, -0.2) is 50.0 Å². The lowest BCUT2D eigenvalue weighted by molar-refractivity contribution is 0.299. The summed E-state index contributed by atoms with van der Waals surface area (Å²) in [5, 5.41) is 10.8. The molecule has 1 saturated heterocycles. The Hall–Kier alpha value is -1.25. The van der Waals surface area contributed by atoms with Gasteiger partial charge in [0.25, 0.3) is 0 Å². The normalized spacial score (nSPS) is 22.4. The lowest BCUT2D eigenvalue weighted by Gasteiger charge is -2.21. The van der Waals surface area contributed by atoms with E-state index in [0.717, 1.165) is 47.9 Å². The van der Waals surface area contributed by atoms with Crippen LogP contribution < -0.4 is 0 Å². The molecule has 1 aromatic carbocycles. The minimum atomic E-state index is 0. The largest absolute Gasteiger partial charge is 0.440 e. The fourth-order valence-corrected chi connectivity index (χ4v) is 5.75. The molecule has 0 spiro atoms. The van der Waals surface area contributed by atoms with E-state index in [2.05, 4.69) is 32.2 Å². The number of fused-ring (bicyclic) bond motifs is 1. The molecule has 1 saturated carbocycles. The second-order valence-corrected chi connectivity index (χ2v) is 10.1. The highest BCUT2D eigenvalue weighted by atomic mass is 35.5. The van der Waals surface area contributed by atoms with Gasteiger partial charge in [0.2, 0.25) is 5.82 Å². The summed E-state index contributed by atoms with van der Waals surface area (Å²) in [7, 11) is 1.97. The van der Waals surface area contributed by atoms with E-state index in [-0.39, 0.29) is 17.8 Å². The smallest absolute Gasteiger partial charge is 0.202 e. The number of aromatic nitrogens is 4. The Morgan fingerprint density at radius 1 is 1.26 bits per heavy atom. The van der Waals surface area contributed by atoms with E-state index in [9.17, 15) is 0 Å². The molecule has 5 rings (SSSR count). The molecule has 2 aromatic heterocycles. The maximum absolute atomic E-state index is 6.25. The van der Waals surface area contributed by atoms with Gasteiger partial charge in [0.05, 0.1) is 15.7 Å². The summed E-state index contributed by atoms with van der Waals surface area (Å²) < 4.78 is 7.42. The number of benzene rings is 1. The molecule has 1 aliphatic heterocycles. The molecule has 10 heteroatoms. The number of likely N-dealkylation sites (tertiary alicyclic amines) is 1. The second kappa shape index (κ2) is 8.94. The average Bonchev–Trinajstić information content (AvgIpc) is 3.02. The van der Waals surface area contributed by atoms with Gasteiger partial charge >= 0.3 is 0 Å². The summed E-state index contributed by atoms with van der Waals surface area (Å²) >= 11 is 14.1. The van der Waals surface area contributed by atoms with Gasteiger partial charge in [0.1, 0.15) is 0 Å². The summed E-state index contributed by atoms with van der Waals surface area (Å²) in [5.41, 5.74) is 2.45. The number of hydrogen-bond acceptors (Lipinski definition) is 6. The molecular weight excluding hydrogens is 477 g/mol. The maximum atomic E-state index is 6.25. The van der Waals surface area contributed by atoms with Crippen molar-refractivity contribution in [3.63, 3.8) is 0 Å². The number of oxazole rings is 1. The zero-order valence-electron chi connectivity index (χ0n) is 17.3. The lowest BCUT2D eigenvalue weighted by Crippen LogP contribution is -2.27. The minimum absolute atomic E-state index is 0. The summed E-state index contributed by atoms with van der Waals surface area (Å²) in [6.07, 6.45) is 3.81. The van der Waals surface area contributed by atoms with E-state index in [1.165, 1.54) is 24.9 Å². The molecule has 2 atom stereocenters. The molecule has 3 aromatic rings. The van der Waals surface area contributed by atoms with Gasteiger partial charge in [0, 0.05) is 31.3 Å². The predicted molar refractivity (Wildman–Crippen MR) is 127 cm³/mol. The standard InChI is InChI=1S/C21H23Cl2N5OS.ClH/c1-13-18(29-12-24-13)19-25-26-20(27(19)2)30-7-3-6-28-10-15-9-21(15,11-28)14-4-5-16(22)17(23)8-14;/h4-5,8,12,15H,3,6-7,9-11H2,1-2H3;1H/t15-,21?;/m1./s1. The molecule has 0 bridgehead atoms. The fourth-order valence-electron chi connectivity index (χ4n) is 4.62. The van der Waals surface area contributed by atoms with E-state index >= 15 is 0 Å². The molecule has 6 nitrogen and oxygen atoms in total. The highest BCUT2D eigenvalue weighted by molar-refractivity contribution is 7.99. The third-order valence-electron chi connectivity index (χ3n) is 6.34. The van der Waals surface area contributed by atoms with Crippen LogP contribution in [0, 0.1) is 12.8 Å². The van der Waals surface area contributed by atoms with E-state index in [0.29, 0.717) is 15.8 Å². The fraction of sp³-hybridized carbons (Fsp3) is 0.476. The quantitative estimate of drug-likeness (QED) is 0.326. The molecule has 3 heterocycles. The molecule has 0 N–H and O–H groups in total. The first-order chi connectivity index (χ1) is 14.5. The van der Waals surface area contributed by atoms with Gasteiger partial charge in [0.15, 0.2) is 17.3 Å². The topological polar surface area (TPSA) is 60.0 Å². The third-order valence-corrected chi connectivity index (χ3v) is 8.19. The van der Waals surface area contributed by atoms with Gasteiger partial charge in [-0.1, -0.05) is 41.0 Å². The maximum Gasteiger partial charge on any atom is 0.202 e. The monoisotopic (exact) mass is 499 g/mol. The van der Waals surface area contributed by atoms with E-state index in [4.69, 9.17) is 27.6 Å². The number of hydrogen-bond donors (Lipinski definition) is 0.